The zero-order valence-electron chi connectivity index (χ0n) is 10.8. The average Bonchev–Trinajstić information content (AvgIpc) is 2.38. The monoisotopic (exact) mass is 287 g/mol. The SMILES string of the molecule is COc1ccccc1CCNS(=O)(=O)C(C)C(=O)O. The molecule has 6 nitrogen and oxygen atoms in total. The Morgan fingerprint density at radius 3 is 2.63 bits per heavy atom. The Kier molecular flexibility index (Phi) is 5.31. The van der Waals surface area contributed by atoms with Crippen molar-refractivity contribution in [1.29, 1.82) is 0 Å². The number of rotatable bonds is 7. The summed E-state index contributed by atoms with van der Waals surface area (Å²) in [5, 5.41) is 7.21. The van der Waals surface area contributed by atoms with Gasteiger partial charge in [0.25, 0.3) is 0 Å². The van der Waals surface area contributed by atoms with Crippen LogP contribution in [0.4, 0.5) is 0 Å². The molecule has 0 aliphatic rings. The lowest BCUT2D eigenvalue weighted by molar-refractivity contribution is -0.136. The Bertz CT molecular complexity index is 541. The topological polar surface area (TPSA) is 92.7 Å². The van der Waals surface area contributed by atoms with Crippen molar-refractivity contribution >= 4 is 16.0 Å². The van der Waals surface area contributed by atoms with E-state index < -0.39 is 21.2 Å². The van der Waals surface area contributed by atoms with Crippen LogP contribution in [0.3, 0.4) is 0 Å². The van der Waals surface area contributed by atoms with Crippen LogP contribution in [0.1, 0.15) is 12.5 Å². The molecular formula is C12H17NO5S. The van der Waals surface area contributed by atoms with E-state index >= 15 is 0 Å². The van der Waals surface area contributed by atoms with Crippen molar-refractivity contribution in [1.82, 2.24) is 4.72 Å². The third-order valence-electron chi connectivity index (χ3n) is 2.70. The first-order valence-electron chi connectivity index (χ1n) is 5.71. The Labute approximate surface area is 112 Å². The molecule has 0 aromatic heterocycles. The highest BCUT2D eigenvalue weighted by Gasteiger charge is 2.26. The summed E-state index contributed by atoms with van der Waals surface area (Å²) >= 11 is 0. The van der Waals surface area contributed by atoms with Crippen LogP contribution < -0.4 is 9.46 Å². The molecule has 7 heteroatoms. The van der Waals surface area contributed by atoms with E-state index in [1.165, 1.54) is 7.11 Å². The Balaban J connectivity index is 2.62. The quantitative estimate of drug-likeness (QED) is 0.767. The van der Waals surface area contributed by atoms with Crippen LogP contribution in [0.5, 0.6) is 5.75 Å². The zero-order valence-corrected chi connectivity index (χ0v) is 11.6. The van der Waals surface area contributed by atoms with Gasteiger partial charge in [0.05, 0.1) is 7.11 Å². The molecule has 106 valence electrons. The molecule has 0 spiro atoms. The fraction of sp³-hybridized carbons (Fsp3) is 0.417. The molecule has 1 atom stereocenters. The predicted octanol–water partition coefficient (Wildman–Crippen LogP) is 0.630. The third-order valence-corrected chi connectivity index (χ3v) is 4.44. The first-order chi connectivity index (χ1) is 8.88. The molecule has 0 radical (unpaired) electrons. The van der Waals surface area contributed by atoms with Crippen LogP contribution >= 0.6 is 0 Å². The molecule has 1 unspecified atom stereocenters. The molecule has 0 saturated heterocycles. The predicted molar refractivity (Wildman–Crippen MR) is 70.7 cm³/mol. The van der Waals surface area contributed by atoms with Gasteiger partial charge in [-0.05, 0) is 25.0 Å². The van der Waals surface area contributed by atoms with E-state index in [0.717, 1.165) is 12.5 Å². The normalized spacial score (nSPS) is 12.9. The summed E-state index contributed by atoms with van der Waals surface area (Å²) in [7, 11) is -2.30. The van der Waals surface area contributed by atoms with Gasteiger partial charge in [-0.15, -0.1) is 0 Å². The highest BCUT2D eigenvalue weighted by atomic mass is 32.2. The van der Waals surface area contributed by atoms with Crippen molar-refractivity contribution in [2.45, 2.75) is 18.6 Å². The van der Waals surface area contributed by atoms with Gasteiger partial charge in [-0.1, -0.05) is 18.2 Å². The number of hydrogen-bond donors (Lipinski definition) is 2. The number of sulfonamides is 1. The number of nitrogens with one attached hydrogen (secondary N) is 1. The molecule has 0 bridgehead atoms. The first-order valence-corrected chi connectivity index (χ1v) is 7.26. The fourth-order valence-electron chi connectivity index (χ4n) is 1.50. The van der Waals surface area contributed by atoms with E-state index in [4.69, 9.17) is 9.84 Å². The summed E-state index contributed by atoms with van der Waals surface area (Å²) in [5.41, 5.74) is 0.857. The molecule has 1 aromatic carbocycles. The number of para-hydroxylation sites is 1. The lowest BCUT2D eigenvalue weighted by atomic mass is 10.1. The molecular weight excluding hydrogens is 270 g/mol. The molecule has 0 aliphatic carbocycles. The Morgan fingerprint density at radius 2 is 2.05 bits per heavy atom. The first kappa shape index (κ1) is 15.5. The van der Waals surface area contributed by atoms with E-state index in [0.29, 0.717) is 12.2 Å². The number of benzene rings is 1. The van der Waals surface area contributed by atoms with Crippen molar-refractivity contribution in [3.05, 3.63) is 29.8 Å². The Morgan fingerprint density at radius 1 is 1.42 bits per heavy atom. The number of carbonyl (C=O) groups is 1. The highest BCUT2D eigenvalue weighted by molar-refractivity contribution is 7.90. The van der Waals surface area contributed by atoms with E-state index in [2.05, 4.69) is 4.72 Å². The summed E-state index contributed by atoms with van der Waals surface area (Å²) in [5.74, 6) is -0.697. The number of hydrogen-bond acceptors (Lipinski definition) is 4. The van der Waals surface area contributed by atoms with Gasteiger partial charge in [0.15, 0.2) is 5.25 Å². The Hall–Kier alpha value is -1.60. The van der Waals surface area contributed by atoms with Crippen molar-refractivity contribution in [2.75, 3.05) is 13.7 Å². The second-order valence-electron chi connectivity index (χ2n) is 3.98. The fourth-order valence-corrected chi connectivity index (χ4v) is 2.40. The van der Waals surface area contributed by atoms with Gasteiger partial charge in [-0.2, -0.15) is 0 Å². The number of aliphatic carboxylic acids is 1. The van der Waals surface area contributed by atoms with Crippen molar-refractivity contribution < 1.29 is 23.1 Å². The standard InChI is InChI=1S/C12H17NO5S/c1-9(12(14)15)19(16,17)13-8-7-10-5-3-4-6-11(10)18-2/h3-6,9,13H,7-8H2,1-2H3,(H,14,15). The van der Waals surface area contributed by atoms with Crippen LogP contribution in [0.25, 0.3) is 0 Å². The van der Waals surface area contributed by atoms with E-state index in [-0.39, 0.29) is 6.54 Å². The van der Waals surface area contributed by atoms with Crippen LogP contribution in [0.15, 0.2) is 24.3 Å². The molecule has 0 saturated carbocycles. The maximum atomic E-state index is 11.6. The van der Waals surface area contributed by atoms with E-state index in [1.54, 1.807) is 6.07 Å². The zero-order chi connectivity index (χ0) is 14.5. The summed E-state index contributed by atoms with van der Waals surface area (Å²) < 4.78 is 30.6. The molecule has 0 heterocycles. The van der Waals surface area contributed by atoms with Crippen LogP contribution in [0, 0.1) is 0 Å². The number of carboxylic acid groups (broad SMARTS) is 1. The van der Waals surface area contributed by atoms with E-state index in [9.17, 15) is 13.2 Å². The number of ether oxygens (including phenoxy) is 1. The van der Waals surface area contributed by atoms with Gasteiger partial charge in [-0.25, -0.2) is 13.1 Å². The second-order valence-corrected chi connectivity index (χ2v) is 6.07. The molecule has 0 aliphatic heterocycles. The van der Waals surface area contributed by atoms with Crippen molar-refractivity contribution in [3.63, 3.8) is 0 Å². The molecule has 1 rings (SSSR count). The molecule has 0 amide bonds. The lowest BCUT2D eigenvalue weighted by Crippen LogP contribution is -2.38. The van der Waals surface area contributed by atoms with Crippen LogP contribution in [-0.2, 0) is 21.2 Å². The average molecular weight is 287 g/mol. The maximum Gasteiger partial charge on any atom is 0.323 e. The summed E-state index contributed by atoms with van der Waals surface area (Å²) in [4.78, 5) is 10.6. The van der Waals surface area contributed by atoms with Crippen molar-refractivity contribution in [3.8, 4) is 5.75 Å². The van der Waals surface area contributed by atoms with Gasteiger partial charge in [0.1, 0.15) is 5.75 Å². The van der Waals surface area contributed by atoms with Gasteiger partial charge < -0.3 is 9.84 Å². The van der Waals surface area contributed by atoms with Crippen LogP contribution in [-0.4, -0.2) is 38.4 Å². The number of methoxy groups -OCH3 is 1. The minimum atomic E-state index is -3.84. The lowest BCUT2D eigenvalue weighted by Gasteiger charge is -2.11. The highest BCUT2D eigenvalue weighted by Crippen LogP contribution is 2.17. The molecule has 0 fully saturated rings. The van der Waals surface area contributed by atoms with Gasteiger partial charge in [-0.3, -0.25) is 4.79 Å². The van der Waals surface area contributed by atoms with Gasteiger partial charge >= 0.3 is 5.97 Å². The van der Waals surface area contributed by atoms with Gasteiger partial charge in [0.2, 0.25) is 10.0 Å². The van der Waals surface area contributed by atoms with Gasteiger partial charge in [0, 0.05) is 6.54 Å². The summed E-state index contributed by atoms with van der Waals surface area (Å²) in [6.45, 7) is 1.26. The molecule has 2 N–H and O–H groups in total. The third kappa shape index (κ3) is 4.22. The molecule has 19 heavy (non-hydrogen) atoms. The smallest absolute Gasteiger partial charge is 0.323 e. The molecule has 1 aromatic rings. The largest absolute Gasteiger partial charge is 0.496 e. The maximum absolute atomic E-state index is 11.6. The minimum Gasteiger partial charge on any atom is -0.496 e. The van der Waals surface area contributed by atoms with E-state index in [1.807, 2.05) is 18.2 Å². The summed E-state index contributed by atoms with van der Waals surface area (Å²) in [6.07, 6.45) is 0.426. The second kappa shape index (κ2) is 6.53. The minimum absolute atomic E-state index is 0.125. The van der Waals surface area contributed by atoms with Crippen LogP contribution in [0.2, 0.25) is 0 Å². The van der Waals surface area contributed by atoms with Crippen molar-refractivity contribution in [2.24, 2.45) is 0 Å². The number of carboxylic acids is 1. The summed E-state index contributed by atoms with van der Waals surface area (Å²) in [6, 6.07) is 7.25.